The van der Waals surface area contributed by atoms with Gasteiger partial charge in [0.25, 0.3) is 0 Å². The third-order valence-electron chi connectivity index (χ3n) is 7.14. The normalized spacial score (nSPS) is 17.3. The molecule has 0 saturated heterocycles. The predicted molar refractivity (Wildman–Crippen MR) is 140 cm³/mol. The highest BCUT2D eigenvalue weighted by atomic mass is 16.5. The highest BCUT2D eigenvalue weighted by Crippen LogP contribution is 2.36. The van der Waals surface area contributed by atoms with Crippen LogP contribution in [0.5, 0.6) is 0 Å². The molecular formula is C29H48N2O3. The van der Waals surface area contributed by atoms with Gasteiger partial charge in [0.15, 0.2) is 0 Å². The summed E-state index contributed by atoms with van der Waals surface area (Å²) in [6.45, 7) is 15.3. The topological polar surface area (TPSA) is 73.6 Å². The lowest BCUT2D eigenvalue weighted by Gasteiger charge is -2.34. The van der Waals surface area contributed by atoms with Gasteiger partial charge in [-0.15, -0.1) is 0 Å². The molecule has 1 aliphatic rings. The zero-order valence-corrected chi connectivity index (χ0v) is 22.6. The summed E-state index contributed by atoms with van der Waals surface area (Å²) in [4.78, 5) is 14.1. The van der Waals surface area contributed by atoms with E-state index in [-0.39, 0.29) is 5.57 Å². The first-order valence-electron chi connectivity index (χ1n) is 13.5. The van der Waals surface area contributed by atoms with E-state index < -0.39 is 5.97 Å². The molecule has 0 amide bonds. The SMILES string of the molecule is CCCCC(CC)COCCCN1C(C)=CC(=C(C#N)C(=O)O)C(CC(CC)CCCC)=C1C. The number of aliphatic carboxylic acids is 1. The zero-order valence-electron chi connectivity index (χ0n) is 22.6. The Kier molecular flexibility index (Phi) is 14.6. The highest BCUT2D eigenvalue weighted by molar-refractivity contribution is 5.94. The number of rotatable bonds is 17. The average molecular weight is 473 g/mol. The fourth-order valence-electron chi connectivity index (χ4n) is 4.75. The molecule has 5 nitrogen and oxygen atoms in total. The number of ether oxygens (including phenoxy) is 1. The molecule has 5 heteroatoms. The van der Waals surface area contributed by atoms with Crippen LogP contribution >= 0.6 is 0 Å². The Morgan fingerprint density at radius 1 is 1.06 bits per heavy atom. The van der Waals surface area contributed by atoms with Gasteiger partial charge in [0.1, 0.15) is 11.6 Å². The van der Waals surface area contributed by atoms with Gasteiger partial charge >= 0.3 is 5.97 Å². The fraction of sp³-hybridized carbons (Fsp3) is 0.724. The summed E-state index contributed by atoms with van der Waals surface area (Å²) in [5.41, 5.74) is 3.52. The van der Waals surface area contributed by atoms with Crippen molar-refractivity contribution >= 4 is 5.97 Å². The smallest absolute Gasteiger partial charge is 0.347 e. The summed E-state index contributed by atoms with van der Waals surface area (Å²) in [5, 5.41) is 19.3. The molecule has 2 atom stereocenters. The van der Waals surface area contributed by atoms with Crippen LogP contribution in [-0.2, 0) is 9.53 Å². The summed E-state index contributed by atoms with van der Waals surface area (Å²) in [5.74, 6) is -0.0180. The van der Waals surface area contributed by atoms with Gasteiger partial charge in [0.05, 0.1) is 0 Å². The van der Waals surface area contributed by atoms with Gasteiger partial charge in [-0.2, -0.15) is 5.26 Å². The maximum Gasteiger partial charge on any atom is 0.347 e. The van der Waals surface area contributed by atoms with Crippen molar-refractivity contribution in [2.24, 2.45) is 11.8 Å². The minimum atomic E-state index is -1.15. The van der Waals surface area contributed by atoms with Crippen molar-refractivity contribution in [3.63, 3.8) is 0 Å². The van der Waals surface area contributed by atoms with E-state index in [0.717, 1.165) is 75.3 Å². The van der Waals surface area contributed by atoms with Crippen LogP contribution in [0.25, 0.3) is 0 Å². The van der Waals surface area contributed by atoms with Crippen molar-refractivity contribution in [1.29, 1.82) is 5.26 Å². The number of unbranched alkanes of at least 4 members (excludes halogenated alkanes) is 2. The zero-order chi connectivity index (χ0) is 25.5. The average Bonchev–Trinajstić information content (AvgIpc) is 2.82. The van der Waals surface area contributed by atoms with Gasteiger partial charge in [-0.05, 0) is 56.6 Å². The van der Waals surface area contributed by atoms with Gasteiger partial charge in [0.2, 0.25) is 0 Å². The third kappa shape index (κ3) is 9.29. The lowest BCUT2D eigenvalue weighted by molar-refractivity contribution is -0.132. The maximum atomic E-state index is 11.8. The molecule has 34 heavy (non-hydrogen) atoms. The molecule has 0 saturated carbocycles. The molecule has 1 N–H and O–H groups in total. The Morgan fingerprint density at radius 3 is 2.21 bits per heavy atom. The second-order valence-electron chi connectivity index (χ2n) is 9.67. The van der Waals surface area contributed by atoms with Crippen LogP contribution in [0.1, 0.15) is 106 Å². The van der Waals surface area contributed by atoms with Crippen molar-refractivity contribution in [2.45, 2.75) is 106 Å². The van der Waals surface area contributed by atoms with Crippen LogP contribution < -0.4 is 0 Å². The lowest BCUT2D eigenvalue weighted by Crippen LogP contribution is -2.28. The first-order valence-corrected chi connectivity index (χ1v) is 13.5. The van der Waals surface area contributed by atoms with E-state index in [1.165, 1.54) is 25.7 Å². The number of carbonyl (C=O) groups is 1. The van der Waals surface area contributed by atoms with Gasteiger partial charge in [-0.1, -0.05) is 72.6 Å². The summed E-state index contributed by atoms with van der Waals surface area (Å²) < 4.78 is 6.01. The van der Waals surface area contributed by atoms with E-state index in [4.69, 9.17) is 4.74 Å². The molecular weight excluding hydrogens is 424 g/mol. The quantitative estimate of drug-likeness (QED) is 0.134. The molecule has 1 aliphatic heterocycles. The summed E-state index contributed by atoms with van der Waals surface area (Å²) in [7, 11) is 0. The molecule has 0 spiro atoms. The lowest BCUT2D eigenvalue weighted by atomic mass is 9.84. The number of hydrogen-bond donors (Lipinski definition) is 1. The van der Waals surface area contributed by atoms with Gasteiger partial charge in [-0.3, -0.25) is 0 Å². The monoisotopic (exact) mass is 472 g/mol. The minimum absolute atomic E-state index is 0.153. The van der Waals surface area contributed by atoms with Gasteiger partial charge in [0, 0.05) is 36.7 Å². The second-order valence-corrected chi connectivity index (χ2v) is 9.67. The number of carboxylic acids is 1. The van der Waals surface area contributed by atoms with Crippen LogP contribution in [0.15, 0.2) is 34.2 Å². The summed E-state index contributed by atoms with van der Waals surface area (Å²) in [6.07, 6.45) is 13.0. The molecule has 0 aromatic heterocycles. The molecule has 192 valence electrons. The van der Waals surface area contributed by atoms with E-state index in [1.54, 1.807) is 0 Å². The first kappa shape index (κ1) is 30.0. The third-order valence-corrected chi connectivity index (χ3v) is 7.14. The van der Waals surface area contributed by atoms with E-state index in [2.05, 4.69) is 39.5 Å². The Labute approximate surface area is 208 Å². The van der Waals surface area contributed by atoms with Crippen molar-refractivity contribution in [1.82, 2.24) is 4.90 Å². The molecule has 0 fully saturated rings. The van der Waals surface area contributed by atoms with E-state index in [1.807, 2.05) is 19.1 Å². The molecule has 1 rings (SSSR count). The summed E-state index contributed by atoms with van der Waals surface area (Å²) in [6, 6.07) is 1.94. The van der Waals surface area contributed by atoms with Crippen LogP contribution in [0.2, 0.25) is 0 Å². The van der Waals surface area contributed by atoms with Crippen LogP contribution in [0, 0.1) is 23.2 Å². The Bertz CT molecular complexity index is 773. The number of allylic oxidation sites excluding steroid dienone is 5. The number of nitriles is 1. The summed E-state index contributed by atoms with van der Waals surface area (Å²) >= 11 is 0. The molecule has 0 bridgehead atoms. The Morgan fingerprint density at radius 2 is 1.68 bits per heavy atom. The van der Waals surface area contributed by atoms with E-state index >= 15 is 0 Å². The number of hydrogen-bond acceptors (Lipinski definition) is 4. The standard InChI is InChI=1S/C29H48N2O3/c1-7-11-14-24(9-3)19-26-23(6)31(22(5)18-27(26)28(20-30)29(32)33)16-13-17-34-21-25(10-4)15-12-8-2/h18,24-25H,7-17,19,21H2,1-6H3,(H,32,33). The van der Waals surface area contributed by atoms with Crippen LogP contribution in [-0.4, -0.2) is 35.7 Å². The van der Waals surface area contributed by atoms with Crippen molar-refractivity contribution in [2.75, 3.05) is 19.8 Å². The van der Waals surface area contributed by atoms with Crippen molar-refractivity contribution < 1.29 is 14.6 Å². The fourth-order valence-corrected chi connectivity index (χ4v) is 4.75. The molecule has 0 aromatic carbocycles. The Balaban J connectivity index is 3.00. The van der Waals surface area contributed by atoms with Gasteiger partial charge in [-0.25, -0.2) is 4.79 Å². The van der Waals surface area contributed by atoms with Crippen LogP contribution in [0.4, 0.5) is 0 Å². The molecule has 0 radical (unpaired) electrons. The van der Waals surface area contributed by atoms with Crippen molar-refractivity contribution in [3.8, 4) is 6.07 Å². The number of carboxylic acid groups (broad SMARTS) is 1. The highest BCUT2D eigenvalue weighted by Gasteiger charge is 2.26. The second kappa shape index (κ2) is 16.5. The van der Waals surface area contributed by atoms with E-state index in [9.17, 15) is 15.2 Å². The predicted octanol–water partition coefficient (Wildman–Crippen LogP) is 7.61. The number of nitrogens with zero attached hydrogens (tertiary/aromatic N) is 2. The van der Waals surface area contributed by atoms with Crippen LogP contribution in [0.3, 0.4) is 0 Å². The molecule has 2 unspecified atom stereocenters. The van der Waals surface area contributed by atoms with Gasteiger partial charge < -0.3 is 14.7 Å². The maximum absolute atomic E-state index is 11.8. The molecule has 1 heterocycles. The largest absolute Gasteiger partial charge is 0.477 e. The Hall–Kier alpha value is -2.06. The van der Waals surface area contributed by atoms with E-state index in [0.29, 0.717) is 17.4 Å². The first-order chi connectivity index (χ1) is 16.3. The molecule has 0 aromatic rings. The van der Waals surface area contributed by atoms with Crippen molar-refractivity contribution in [3.05, 3.63) is 34.2 Å². The minimum Gasteiger partial charge on any atom is -0.477 e. The molecule has 0 aliphatic carbocycles.